The topological polar surface area (TPSA) is 49.4 Å². The molecule has 0 radical (unpaired) electrons. The second-order valence-corrected chi connectivity index (χ2v) is 6.95. The summed E-state index contributed by atoms with van der Waals surface area (Å²) in [4.78, 5) is 26.8. The van der Waals surface area contributed by atoms with Crippen molar-refractivity contribution in [3.8, 4) is 0 Å². The second-order valence-electron chi connectivity index (χ2n) is 6.95. The van der Waals surface area contributed by atoms with Crippen molar-refractivity contribution in [1.82, 2.24) is 10.2 Å². The number of benzene rings is 2. The number of carbonyl (C=O) groups is 2. The van der Waals surface area contributed by atoms with Gasteiger partial charge in [-0.25, -0.2) is 4.39 Å². The Labute approximate surface area is 160 Å². The molecule has 0 aliphatic rings. The monoisotopic (exact) mass is 370 g/mol. The third kappa shape index (κ3) is 6.20. The smallest absolute Gasteiger partial charge is 0.242 e. The van der Waals surface area contributed by atoms with Crippen LogP contribution in [0.3, 0.4) is 0 Å². The molecular formula is C22H27FN2O2. The van der Waals surface area contributed by atoms with Crippen LogP contribution in [0.2, 0.25) is 0 Å². The largest absolute Gasteiger partial charge is 0.354 e. The summed E-state index contributed by atoms with van der Waals surface area (Å²) in [5.74, 6) is -0.857. The highest BCUT2D eigenvalue weighted by Crippen LogP contribution is 2.14. The molecule has 0 aliphatic heterocycles. The number of rotatable bonds is 8. The van der Waals surface area contributed by atoms with Crippen molar-refractivity contribution < 1.29 is 14.0 Å². The third-order valence-corrected chi connectivity index (χ3v) is 4.45. The molecule has 0 aromatic heterocycles. The maximum atomic E-state index is 13.1. The summed E-state index contributed by atoms with van der Waals surface area (Å²) in [6.45, 7) is 6.11. The molecule has 0 saturated heterocycles. The van der Waals surface area contributed by atoms with Crippen LogP contribution in [-0.2, 0) is 22.6 Å². The van der Waals surface area contributed by atoms with Gasteiger partial charge < -0.3 is 10.2 Å². The Balaban J connectivity index is 2.00. The molecule has 0 fully saturated rings. The van der Waals surface area contributed by atoms with Gasteiger partial charge in [-0.2, -0.15) is 0 Å². The molecular weight excluding hydrogens is 343 g/mol. The van der Waals surface area contributed by atoms with E-state index in [1.807, 2.05) is 30.3 Å². The maximum Gasteiger partial charge on any atom is 0.242 e. The van der Waals surface area contributed by atoms with Crippen molar-refractivity contribution in [2.24, 2.45) is 5.92 Å². The van der Waals surface area contributed by atoms with E-state index in [1.54, 1.807) is 37.8 Å². The van der Waals surface area contributed by atoms with Gasteiger partial charge in [-0.15, -0.1) is 0 Å². The minimum atomic E-state index is -0.610. The molecule has 0 spiro atoms. The quantitative estimate of drug-likeness (QED) is 0.772. The van der Waals surface area contributed by atoms with E-state index in [0.29, 0.717) is 6.54 Å². The Hall–Kier alpha value is -2.69. The SMILES string of the molecule is CC(C)C(=O)N(Cc1ccc(F)cc1)[C@H](C)C(=O)NCCc1ccccc1. The minimum Gasteiger partial charge on any atom is -0.354 e. The van der Waals surface area contributed by atoms with Gasteiger partial charge in [0.2, 0.25) is 11.8 Å². The molecule has 0 unspecified atom stereocenters. The average molecular weight is 370 g/mol. The lowest BCUT2D eigenvalue weighted by Crippen LogP contribution is -2.49. The lowest BCUT2D eigenvalue weighted by Gasteiger charge is -2.30. The van der Waals surface area contributed by atoms with Crippen LogP contribution in [0.25, 0.3) is 0 Å². The molecule has 1 N–H and O–H groups in total. The highest BCUT2D eigenvalue weighted by atomic mass is 19.1. The lowest BCUT2D eigenvalue weighted by atomic mass is 10.1. The number of hydrogen-bond donors (Lipinski definition) is 1. The summed E-state index contributed by atoms with van der Waals surface area (Å²) in [6, 6.07) is 15.3. The predicted octanol–water partition coefficient (Wildman–Crippen LogP) is 3.56. The summed E-state index contributed by atoms with van der Waals surface area (Å²) in [5.41, 5.74) is 1.93. The number of hydrogen-bond acceptors (Lipinski definition) is 2. The lowest BCUT2D eigenvalue weighted by molar-refractivity contribution is -0.143. The van der Waals surface area contributed by atoms with Crippen LogP contribution in [0.5, 0.6) is 0 Å². The molecule has 2 amide bonds. The third-order valence-electron chi connectivity index (χ3n) is 4.45. The fraction of sp³-hybridized carbons (Fsp3) is 0.364. The van der Waals surface area contributed by atoms with Gasteiger partial charge in [0.25, 0.3) is 0 Å². The van der Waals surface area contributed by atoms with Crippen LogP contribution < -0.4 is 5.32 Å². The molecule has 5 heteroatoms. The minimum absolute atomic E-state index is 0.106. The number of nitrogens with zero attached hydrogens (tertiary/aromatic N) is 1. The second kappa shape index (κ2) is 9.86. The van der Waals surface area contributed by atoms with Crippen molar-refractivity contribution in [2.75, 3.05) is 6.54 Å². The summed E-state index contributed by atoms with van der Waals surface area (Å²) in [6.07, 6.45) is 0.732. The fourth-order valence-corrected chi connectivity index (χ4v) is 2.79. The van der Waals surface area contributed by atoms with Gasteiger partial charge >= 0.3 is 0 Å². The van der Waals surface area contributed by atoms with E-state index in [2.05, 4.69) is 5.32 Å². The Kier molecular flexibility index (Phi) is 7.53. The van der Waals surface area contributed by atoms with Gasteiger partial charge in [-0.05, 0) is 36.6 Å². The van der Waals surface area contributed by atoms with E-state index >= 15 is 0 Å². The van der Waals surface area contributed by atoms with Crippen LogP contribution in [0.1, 0.15) is 31.9 Å². The predicted molar refractivity (Wildman–Crippen MR) is 104 cm³/mol. The Morgan fingerprint density at radius 2 is 1.59 bits per heavy atom. The average Bonchev–Trinajstić information content (AvgIpc) is 2.67. The van der Waals surface area contributed by atoms with E-state index in [9.17, 15) is 14.0 Å². The number of carbonyl (C=O) groups excluding carboxylic acids is 2. The van der Waals surface area contributed by atoms with E-state index in [4.69, 9.17) is 0 Å². The molecule has 0 heterocycles. The van der Waals surface area contributed by atoms with Crippen molar-refractivity contribution in [2.45, 2.75) is 39.8 Å². The van der Waals surface area contributed by atoms with E-state index in [0.717, 1.165) is 17.5 Å². The summed E-state index contributed by atoms with van der Waals surface area (Å²) in [5, 5.41) is 2.91. The highest BCUT2D eigenvalue weighted by molar-refractivity contribution is 5.88. The summed E-state index contributed by atoms with van der Waals surface area (Å²) in [7, 11) is 0. The molecule has 2 aromatic carbocycles. The van der Waals surface area contributed by atoms with Crippen LogP contribution >= 0.6 is 0 Å². The van der Waals surface area contributed by atoms with E-state index in [-0.39, 0.29) is 30.1 Å². The zero-order valence-electron chi connectivity index (χ0n) is 16.1. The van der Waals surface area contributed by atoms with Gasteiger partial charge in [-0.1, -0.05) is 56.3 Å². The first kappa shape index (κ1) is 20.6. The van der Waals surface area contributed by atoms with Crippen LogP contribution in [-0.4, -0.2) is 29.3 Å². The van der Waals surface area contributed by atoms with Crippen LogP contribution in [0.15, 0.2) is 54.6 Å². The molecule has 1 atom stereocenters. The van der Waals surface area contributed by atoms with Crippen molar-refractivity contribution in [3.63, 3.8) is 0 Å². The first-order chi connectivity index (χ1) is 12.9. The molecule has 144 valence electrons. The molecule has 2 aromatic rings. The van der Waals surface area contributed by atoms with E-state index < -0.39 is 6.04 Å². The molecule has 2 rings (SSSR count). The van der Waals surface area contributed by atoms with Gasteiger partial charge in [0.15, 0.2) is 0 Å². The summed E-state index contributed by atoms with van der Waals surface area (Å²) >= 11 is 0. The first-order valence-electron chi connectivity index (χ1n) is 9.25. The Morgan fingerprint density at radius 1 is 0.963 bits per heavy atom. The van der Waals surface area contributed by atoms with Gasteiger partial charge in [-0.3, -0.25) is 9.59 Å². The molecule has 4 nitrogen and oxygen atoms in total. The van der Waals surface area contributed by atoms with Crippen molar-refractivity contribution >= 4 is 11.8 Å². The molecule has 0 bridgehead atoms. The van der Waals surface area contributed by atoms with Gasteiger partial charge in [0, 0.05) is 19.0 Å². The Morgan fingerprint density at radius 3 is 2.19 bits per heavy atom. The normalized spacial score (nSPS) is 11.9. The van der Waals surface area contributed by atoms with Crippen molar-refractivity contribution in [1.29, 1.82) is 0 Å². The van der Waals surface area contributed by atoms with Crippen LogP contribution in [0, 0.1) is 11.7 Å². The fourth-order valence-electron chi connectivity index (χ4n) is 2.79. The molecule has 27 heavy (non-hydrogen) atoms. The molecule has 0 aliphatic carbocycles. The highest BCUT2D eigenvalue weighted by Gasteiger charge is 2.27. The molecule has 0 saturated carbocycles. The maximum absolute atomic E-state index is 13.1. The number of nitrogens with one attached hydrogen (secondary N) is 1. The first-order valence-corrected chi connectivity index (χ1v) is 9.25. The van der Waals surface area contributed by atoms with E-state index in [1.165, 1.54) is 12.1 Å². The summed E-state index contributed by atoms with van der Waals surface area (Å²) < 4.78 is 13.1. The van der Waals surface area contributed by atoms with Gasteiger partial charge in [0.1, 0.15) is 11.9 Å². The standard InChI is InChI=1S/C22H27FN2O2/c1-16(2)22(27)25(15-19-9-11-20(23)12-10-19)17(3)21(26)24-14-13-18-7-5-4-6-8-18/h4-12,16-17H,13-15H2,1-3H3,(H,24,26)/t17-/m1/s1. The zero-order valence-corrected chi connectivity index (χ0v) is 16.1. The van der Waals surface area contributed by atoms with Crippen molar-refractivity contribution in [3.05, 3.63) is 71.5 Å². The number of amides is 2. The van der Waals surface area contributed by atoms with Gasteiger partial charge in [0.05, 0.1) is 0 Å². The zero-order chi connectivity index (χ0) is 19.8. The Bertz CT molecular complexity index is 745. The number of halogens is 1. The van der Waals surface area contributed by atoms with Crippen LogP contribution in [0.4, 0.5) is 4.39 Å².